The van der Waals surface area contributed by atoms with Crippen molar-refractivity contribution in [3.05, 3.63) is 34.1 Å². The van der Waals surface area contributed by atoms with Crippen molar-refractivity contribution in [1.29, 1.82) is 0 Å². The highest BCUT2D eigenvalue weighted by molar-refractivity contribution is 9.10. The fourth-order valence-corrected chi connectivity index (χ4v) is 2.53. The summed E-state index contributed by atoms with van der Waals surface area (Å²) in [5.74, 6) is 1.97. The van der Waals surface area contributed by atoms with E-state index in [0.717, 1.165) is 41.3 Å². The molecule has 0 fully saturated rings. The number of halogens is 1. The van der Waals surface area contributed by atoms with Crippen molar-refractivity contribution in [3.8, 4) is 11.4 Å². The second kappa shape index (κ2) is 4.23. The molecular formula is C12H13BrN4. The van der Waals surface area contributed by atoms with Gasteiger partial charge in [0.25, 0.3) is 0 Å². The van der Waals surface area contributed by atoms with Crippen LogP contribution in [0.25, 0.3) is 11.4 Å². The van der Waals surface area contributed by atoms with Crippen LogP contribution >= 0.6 is 15.9 Å². The van der Waals surface area contributed by atoms with Gasteiger partial charge in [0.15, 0.2) is 5.82 Å². The first kappa shape index (κ1) is 10.9. The Hall–Kier alpha value is -1.20. The summed E-state index contributed by atoms with van der Waals surface area (Å²) < 4.78 is 3.26. The van der Waals surface area contributed by atoms with E-state index in [4.69, 9.17) is 0 Å². The molecule has 0 bridgehead atoms. The van der Waals surface area contributed by atoms with Crippen molar-refractivity contribution in [1.82, 2.24) is 20.1 Å². The number of hydrogen-bond donors (Lipinski definition) is 1. The molecule has 0 aliphatic carbocycles. The highest BCUT2D eigenvalue weighted by atomic mass is 79.9. The van der Waals surface area contributed by atoms with E-state index in [1.54, 1.807) is 0 Å². The van der Waals surface area contributed by atoms with Crippen LogP contribution in [0.2, 0.25) is 0 Å². The fourth-order valence-electron chi connectivity index (χ4n) is 2.10. The van der Waals surface area contributed by atoms with Gasteiger partial charge in [-0.3, -0.25) is 0 Å². The molecule has 1 aliphatic rings. The Morgan fingerprint density at radius 2 is 2.24 bits per heavy atom. The van der Waals surface area contributed by atoms with Crippen molar-refractivity contribution < 1.29 is 0 Å². The van der Waals surface area contributed by atoms with E-state index in [2.05, 4.69) is 61.1 Å². The summed E-state index contributed by atoms with van der Waals surface area (Å²) in [6.45, 7) is 4.79. The summed E-state index contributed by atoms with van der Waals surface area (Å²) in [6.07, 6.45) is 0. The van der Waals surface area contributed by atoms with Crippen LogP contribution in [0.3, 0.4) is 0 Å². The van der Waals surface area contributed by atoms with Gasteiger partial charge in [-0.1, -0.05) is 27.6 Å². The van der Waals surface area contributed by atoms with Gasteiger partial charge < -0.3 is 9.88 Å². The Labute approximate surface area is 108 Å². The maximum absolute atomic E-state index is 4.31. The molecule has 0 saturated heterocycles. The molecule has 2 aromatic rings. The molecule has 1 aromatic heterocycles. The predicted octanol–water partition coefficient (Wildman–Crippen LogP) is 2.12. The van der Waals surface area contributed by atoms with Gasteiger partial charge in [0, 0.05) is 23.1 Å². The third-order valence-corrected chi connectivity index (χ3v) is 3.68. The van der Waals surface area contributed by atoms with E-state index < -0.39 is 0 Å². The van der Waals surface area contributed by atoms with Crippen LogP contribution in [0.1, 0.15) is 11.4 Å². The Balaban J connectivity index is 2.15. The smallest absolute Gasteiger partial charge is 0.165 e. The van der Waals surface area contributed by atoms with Crippen molar-refractivity contribution in [2.75, 3.05) is 6.54 Å². The molecule has 1 aliphatic heterocycles. The summed E-state index contributed by atoms with van der Waals surface area (Å²) in [6, 6.07) is 6.29. The molecule has 0 spiro atoms. The lowest BCUT2D eigenvalue weighted by Gasteiger charge is -2.16. The summed E-state index contributed by atoms with van der Waals surface area (Å²) in [4.78, 5) is 0. The zero-order valence-corrected chi connectivity index (χ0v) is 11.2. The summed E-state index contributed by atoms with van der Waals surface area (Å²) in [5.41, 5.74) is 2.35. The fraction of sp³-hybridized carbons (Fsp3) is 0.333. The lowest BCUT2D eigenvalue weighted by molar-refractivity contribution is 0.508. The van der Waals surface area contributed by atoms with Crippen LogP contribution in [0.5, 0.6) is 0 Å². The van der Waals surface area contributed by atoms with E-state index in [1.165, 1.54) is 5.56 Å². The standard InChI is InChI=1S/C12H13BrN4/c1-8-2-3-10(13)9(6-8)12-16-15-11-7-14-4-5-17(11)12/h2-3,6,14H,4-5,7H2,1H3. The summed E-state index contributed by atoms with van der Waals surface area (Å²) in [5, 5.41) is 11.8. The second-order valence-electron chi connectivity index (χ2n) is 4.25. The van der Waals surface area contributed by atoms with Gasteiger partial charge in [0.2, 0.25) is 0 Å². The molecule has 0 unspecified atom stereocenters. The van der Waals surface area contributed by atoms with Crippen molar-refractivity contribution in [2.24, 2.45) is 0 Å². The number of aromatic nitrogens is 3. The van der Waals surface area contributed by atoms with Crippen molar-refractivity contribution >= 4 is 15.9 Å². The molecule has 0 saturated carbocycles. The number of fused-ring (bicyclic) bond motifs is 1. The first-order chi connectivity index (χ1) is 8.25. The molecule has 1 aromatic carbocycles. The van der Waals surface area contributed by atoms with Crippen LogP contribution in [0, 0.1) is 6.92 Å². The molecule has 0 atom stereocenters. The average molecular weight is 293 g/mol. The second-order valence-corrected chi connectivity index (χ2v) is 5.11. The van der Waals surface area contributed by atoms with Crippen LogP contribution in [-0.2, 0) is 13.1 Å². The minimum absolute atomic E-state index is 0.802. The normalized spacial score (nSPS) is 14.7. The first-order valence-corrected chi connectivity index (χ1v) is 6.44. The zero-order valence-electron chi connectivity index (χ0n) is 9.57. The predicted molar refractivity (Wildman–Crippen MR) is 69.6 cm³/mol. The highest BCUT2D eigenvalue weighted by Crippen LogP contribution is 2.28. The Bertz CT molecular complexity index is 562. The Morgan fingerprint density at radius 1 is 1.35 bits per heavy atom. The molecule has 5 heteroatoms. The zero-order chi connectivity index (χ0) is 11.8. The third kappa shape index (κ3) is 1.89. The number of hydrogen-bond acceptors (Lipinski definition) is 3. The monoisotopic (exact) mass is 292 g/mol. The lowest BCUT2D eigenvalue weighted by Crippen LogP contribution is -2.28. The largest absolute Gasteiger partial charge is 0.309 e. The molecule has 2 heterocycles. The summed E-state index contributed by atoms with van der Waals surface area (Å²) in [7, 11) is 0. The van der Waals surface area contributed by atoms with E-state index in [-0.39, 0.29) is 0 Å². The number of nitrogens with one attached hydrogen (secondary N) is 1. The van der Waals surface area contributed by atoms with Crippen LogP contribution in [0.15, 0.2) is 22.7 Å². The highest BCUT2D eigenvalue weighted by Gasteiger charge is 2.18. The molecule has 17 heavy (non-hydrogen) atoms. The summed E-state index contributed by atoms with van der Waals surface area (Å²) >= 11 is 3.58. The molecule has 4 nitrogen and oxygen atoms in total. The molecule has 3 rings (SSSR count). The molecular weight excluding hydrogens is 280 g/mol. The van der Waals surface area contributed by atoms with Gasteiger partial charge in [0.1, 0.15) is 5.82 Å². The first-order valence-electron chi connectivity index (χ1n) is 5.65. The van der Waals surface area contributed by atoms with Gasteiger partial charge in [-0.2, -0.15) is 0 Å². The minimum atomic E-state index is 0.802. The van der Waals surface area contributed by atoms with Crippen molar-refractivity contribution in [2.45, 2.75) is 20.0 Å². The number of aryl methyl sites for hydroxylation is 1. The van der Waals surface area contributed by atoms with Gasteiger partial charge in [-0.25, -0.2) is 0 Å². The lowest BCUT2D eigenvalue weighted by atomic mass is 10.1. The maximum atomic E-state index is 4.31. The van der Waals surface area contributed by atoms with Gasteiger partial charge in [-0.15, -0.1) is 10.2 Å². The Kier molecular flexibility index (Phi) is 2.72. The SMILES string of the molecule is Cc1ccc(Br)c(-c2nnc3n2CCNC3)c1. The van der Waals surface area contributed by atoms with E-state index in [9.17, 15) is 0 Å². The van der Waals surface area contributed by atoms with E-state index in [1.807, 2.05) is 0 Å². The molecule has 0 amide bonds. The number of benzene rings is 1. The quantitative estimate of drug-likeness (QED) is 0.876. The Morgan fingerprint density at radius 3 is 3.12 bits per heavy atom. The van der Waals surface area contributed by atoms with Crippen molar-refractivity contribution in [3.63, 3.8) is 0 Å². The van der Waals surface area contributed by atoms with Crippen LogP contribution in [-0.4, -0.2) is 21.3 Å². The molecule has 1 N–H and O–H groups in total. The van der Waals surface area contributed by atoms with Gasteiger partial charge >= 0.3 is 0 Å². The average Bonchev–Trinajstić information content (AvgIpc) is 2.76. The van der Waals surface area contributed by atoms with E-state index >= 15 is 0 Å². The van der Waals surface area contributed by atoms with Crippen LogP contribution < -0.4 is 5.32 Å². The topological polar surface area (TPSA) is 42.7 Å². The minimum Gasteiger partial charge on any atom is -0.309 e. The molecule has 88 valence electrons. The maximum Gasteiger partial charge on any atom is 0.165 e. The van der Waals surface area contributed by atoms with Gasteiger partial charge in [-0.05, 0) is 19.1 Å². The third-order valence-electron chi connectivity index (χ3n) is 2.99. The number of nitrogens with zero attached hydrogens (tertiary/aromatic N) is 3. The van der Waals surface area contributed by atoms with Gasteiger partial charge in [0.05, 0.1) is 6.54 Å². The van der Waals surface area contributed by atoms with E-state index in [0.29, 0.717) is 0 Å². The number of rotatable bonds is 1. The van der Waals surface area contributed by atoms with Crippen LogP contribution in [0.4, 0.5) is 0 Å². The molecule has 0 radical (unpaired) electrons.